The van der Waals surface area contributed by atoms with E-state index in [1.54, 1.807) is 12.1 Å². The van der Waals surface area contributed by atoms with Crippen LogP contribution in [0.3, 0.4) is 0 Å². The SMILES string of the molecule is CCN(CC)CCCC(C)Nc1ccc(C(=O)O)cc1. The summed E-state index contributed by atoms with van der Waals surface area (Å²) >= 11 is 0. The second-order valence-corrected chi connectivity index (χ2v) is 5.10. The first-order valence-corrected chi connectivity index (χ1v) is 7.39. The molecular weight excluding hydrogens is 252 g/mol. The standard InChI is InChI=1S/C16H26N2O2/c1-4-18(5-2)12-6-7-13(3)17-15-10-8-14(9-11-15)16(19)20/h8-11,13,17H,4-7,12H2,1-3H3,(H,19,20). The van der Waals surface area contributed by atoms with E-state index in [-0.39, 0.29) is 0 Å². The first kappa shape index (κ1) is 16.5. The Labute approximate surface area is 121 Å². The molecule has 2 N–H and O–H groups in total. The number of carboxylic acid groups (broad SMARTS) is 1. The third-order valence-electron chi connectivity index (χ3n) is 3.55. The number of carboxylic acids is 1. The van der Waals surface area contributed by atoms with E-state index in [9.17, 15) is 4.79 Å². The van der Waals surface area contributed by atoms with Crippen molar-refractivity contribution in [1.29, 1.82) is 0 Å². The maximum absolute atomic E-state index is 10.8. The van der Waals surface area contributed by atoms with E-state index < -0.39 is 5.97 Å². The summed E-state index contributed by atoms with van der Waals surface area (Å²) in [5.74, 6) is -0.885. The lowest BCUT2D eigenvalue weighted by molar-refractivity contribution is 0.0697. The average Bonchev–Trinajstić information content (AvgIpc) is 2.44. The average molecular weight is 278 g/mol. The molecule has 0 aliphatic heterocycles. The Balaban J connectivity index is 2.34. The van der Waals surface area contributed by atoms with Crippen LogP contribution in [-0.2, 0) is 0 Å². The van der Waals surface area contributed by atoms with Crippen molar-refractivity contribution >= 4 is 11.7 Å². The van der Waals surface area contributed by atoms with E-state index in [4.69, 9.17) is 5.11 Å². The van der Waals surface area contributed by atoms with Crippen LogP contribution >= 0.6 is 0 Å². The van der Waals surface area contributed by atoms with Gasteiger partial charge in [-0.2, -0.15) is 0 Å². The molecule has 1 unspecified atom stereocenters. The van der Waals surface area contributed by atoms with Crippen LogP contribution in [0.2, 0.25) is 0 Å². The number of benzene rings is 1. The van der Waals surface area contributed by atoms with Crippen molar-refractivity contribution in [2.24, 2.45) is 0 Å². The molecule has 0 spiro atoms. The Morgan fingerprint density at radius 3 is 2.35 bits per heavy atom. The van der Waals surface area contributed by atoms with Gasteiger partial charge in [-0.1, -0.05) is 13.8 Å². The predicted molar refractivity (Wildman–Crippen MR) is 83.5 cm³/mol. The Bertz CT molecular complexity index is 399. The number of hydrogen-bond donors (Lipinski definition) is 2. The first-order valence-electron chi connectivity index (χ1n) is 7.39. The highest BCUT2D eigenvalue weighted by molar-refractivity contribution is 5.87. The van der Waals surface area contributed by atoms with Crippen molar-refractivity contribution < 1.29 is 9.90 Å². The molecule has 0 aliphatic carbocycles. The van der Waals surface area contributed by atoms with Crippen LogP contribution in [-0.4, -0.2) is 41.7 Å². The summed E-state index contributed by atoms with van der Waals surface area (Å²) in [4.78, 5) is 13.2. The van der Waals surface area contributed by atoms with E-state index in [1.165, 1.54) is 6.42 Å². The fraction of sp³-hybridized carbons (Fsp3) is 0.562. The highest BCUT2D eigenvalue weighted by atomic mass is 16.4. The number of aromatic carboxylic acids is 1. The van der Waals surface area contributed by atoms with Gasteiger partial charge in [-0.3, -0.25) is 0 Å². The van der Waals surface area contributed by atoms with Crippen LogP contribution in [0.1, 0.15) is 44.0 Å². The minimum atomic E-state index is -0.885. The number of anilines is 1. The van der Waals surface area contributed by atoms with Crippen LogP contribution in [0.5, 0.6) is 0 Å². The fourth-order valence-electron chi connectivity index (χ4n) is 2.23. The highest BCUT2D eigenvalue weighted by Crippen LogP contribution is 2.12. The van der Waals surface area contributed by atoms with Gasteiger partial charge >= 0.3 is 5.97 Å². The third-order valence-corrected chi connectivity index (χ3v) is 3.55. The molecule has 1 aromatic carbocycles. The van der Waals surface area contributed by atoms with Gasteiger partial charge in [-0.15, -0.1) is 0 Å². The molecule has 1 aromatic rings. The second-order valence-electron chi connectivity index (χ2n) is 5.10. The molecule has 4 nitrogen and oxygen atoms in total. The van der Waals surface area contributed by atoms with E-state index in [1.807, 2.05) is 12.1 Å². The van der Waals surface area contributed by atoms with Crippen LogP contribution in [0.15, 0.2) is 24.3 Å². The maximum atomic E-state index is 10.8. The molecule has 0 fully saturated rings. The zero-order chi connectivity index (χ0) is 15.0. The van der Waals surface area contributed by atoms with Gasteiger partial charge in [0.15, 0.2) is 0 Å². The van der Waals surface area contributed by atoms with Gasteiger partial charge in [-0.25, -0.2) is 4.79 Å². The molecule has 0 amide bonds. The normalized spacial score (nSPS) is 12.4. The molecule has 0 saturated heterocycles. The number of carbonyl (C=O) groups is 1. The summed E-state index contributed by atoms with van der Waals surface area (Å²) in [6.07, 6.45) is 2.28. The van der Waals surface area contributed by atoms with Crippen LogP contribution in [0.4, 0.5) is 5.69 Å². The van der Waals surface area contributed by atoms with Gasteiger partial charge in [0.05, 0.1) is 5.56 Å². The molecule has 0 heterocycles. The summed E-state index contributed by atoms with van der Waals surface area (Å²) in [5, 5.41) is 12.3. The first-order chi connectivity index (χ1) is 9.56. The van der Waals surface area contributed by atoms with Crippen LogP contribution < -0.4 is 5.32 Å². The lowest BCUT2D eigenvalue weighted by Gasteiger charge is -2.20. The van der Waals surface area contributed by atoms with Crippen molar-refractivity contribution in [3.63, 3.8) is 0 Å². The summed E-state index contributed by atoms with van der Waals surface area (Å²) in [5.41, 5.74) is 1.30. The Kier molecular flexibility index (Phi) is 7.09. The van der Waals surface area contributed by atoms with Crippen LogP contribution in [0.25, 0.3) is 0 Å². The van der Waals surface area contributed by atoms with E-state index in [2.05, 4.69) is 31.0 Å². The number of hydrogen-bond acceptors (Lipinski definition) is 3. The fourth-order valence-corrected chi connectivity index (χ4v) is 2.23. The van der Waals surface area contributed by atoms with E-state index in [0.29, 0.717) is 11.6 Å². The second kappa shape index (κ2) is 8.59. The zero-order valence-electron chi connectivity index (χ0n) is 12.7. The molecule has 0 aliphatic rings. The molecule has 4 heteroatoms. The van der Waals surface area contributed by atoms with E-state index in [0.717, 1.165) is 31.7 Å². The van der Waals surface area contributed by atoms with Crippen molar-refractivity contribution in [2.45, 2.75) is 39.7 Å². The molecule has 20 heavy (non-hydrogen) atoms. The largest absolute Gasteiger partial charge is 0.478 e. The van der Waals surface area contributed by atoms with Gasteiger partial charge < -0.3 is 15.3 Å². The monoisotopic (exact) mass is 278 g/mol. The molecule has 0 bridgehead atoms. The Hall–Kier alpha value is -1.55. The topological polar surface area (TPSA) is 52.6 Å². The Morgan fingerprint density at radius 1 is 1.25 bits per heavy atom. The summed E-state index contributed by atoms with van der Waals surface area (Å²) in [6.45, 7) is 9.89. The number of nitrogens with one attached hydrogen (secondary N) is 1. The molecule has 0 saturated carbocycles. The maximum Gasteiger partial charge on any atom is 0.335 e. The molecular formula is C16H26N2O2. The van der Waals surface area contributed by atoms with Crippen molar-refractivity contribution in [3.05, 3.63) is 29.8 Å². The third kappa shape index (κ3) is 5.61. The Morgan fingerprint density at radius 2 is 1.85 bits per heavy atom. The van der Waals surface area contributed by atoms with Gasteiger partial charge in [0.1, 0.15) is 0 Å². The summed E-state index contributed by atoms with van der Waals surface area (Å²) < 4.78 is 0. The highest BCUT2D eigenvalue weighted by Gasteiger charge is 2.05. The molecule has 0 aromatic heterocycles. The smallest absolute Gasteiger partial charge is 0.335 e. The van der Waals surface area contributed by atoms with Crippen molar-refractivity contribution in [2.75, 3.05) is 25.0 Å². The van der Waals surface area contributed by atoms with E-state index >= 15 is 0 Å². The van der Waals surface area contributed by atoms with Gasteiger partial charge in [0.25, 0.3) is 0 Å². The lowest BCUT2D eigenvalue weighted by atomic mass is 10.1. The van der Waals surface area contributed by atoms with Gasteiger partial charge in [0, 0.05) is 11.7 Å². The number of rotatable bonds is 9. The van der Waals surface area contributed by atoms with Gasteiger partial charge in [-0.05, 0) is 63.7 Å². The summed E-state index contributed by atoms with van der Waals surface area (Å²) in [7, 11) is 0. The quantitative estimate of drug-likeness (QED) is 0.727. The minimum absolute atomic E-state index is 0.324. The predicted octanol–water partition coefficient (Wildman–Crippen LogP) is 3.31. The number of nitrogens with zero attached hydrogens (tertiary/aromatic N) is 1. The minimum Gasteiger partial charge on any atom is -0.478 e. The van der Waals surface area contributed by atoms with Crippen LogP contribution in [0, 0.1) is 0 Å². The molecule has 0 radical (unpaired) electrons. The van der Waals surface area contributed by atoms with Crippen molar-refractivity contribution in [3.8, 4) is 0 Å². The molecule has 1 atom stereocenters. The summed E-state index contributed by atoms with van der Waals surface area (Å²) in [6, 6.07) is 7.30. The van der Waals surface area contributed by atoms with Gasteiger partial charge in [0.2, 0.25) is 0 Å². The molecule has 1 rings (SSSR count). The zero-order valence-corrected chi connectivity index (χ0v) is 12.7. The van der Waals surface area contributed by atoms with Crippen molar-refractivity contribution in [1.82, 2.24) is 4.90 Å². The molecule has 112 valence electrons. The lowest BCUT2D eigenvalue weighted by Crippen LogP contribution is -2.25.